The molecule has 1 aromatic heterocycles. The van der Waals surface area contributed by atoms with Crippen LogP contribution in [0.15, 0.2) is 30.3 Å². The zero-order valence-corrected chi connectivity index (χ0v) is 14.0. The van der Waals surface area contributed by atoms with Gasteiger partial charge in [0, 0.05) is 12.2 Å². The molecule has 6 heteroatoms. The standard InChI is InChI=1S/C18H22N4O2/c1-12-6-8-14(9-7-12)22-13(2)11-16(21-22)18(24)20-15-5-3-4-10-19-17(15)23/h6-9,11,15H,3-5,10H2,1-2H3,(H,19,23)(H,20,24). The Balaban J connectivity index is 1.77. The van der Waals surface area contributed by atoms with Crippen molar-refractivity contribution in [2.45, 2.75) is 39.2 Å². The van der Waals surface area contributed by atoms with Crippen LogP contribution >= 0.6 is 0 Å². The van der Waals surface area contributed by atoms with E-state index in [1.165, 1.54) is 5.56 Å². The second kappa shape index (κ2) is 6.86. The number of benzene rings is 1. The van der Waals surface area contributed by atoms with Crippen LogP contribution in [0.3, 0.4) is 0 Å². The average Bonchev–Trinajstić information content (AvgIpc) is 2.84. The van der Waals surface area contributed by atoms with Crippen LogP contribution in [0.4, 0.5) is 0 Å². The minimum Gasteiger partial charge on any atom is -0.354 e. The third kappa shape index (κ3) is 3.48. The maximum atomic E-state index is 12.5. The van der Waals surface area contributed by atoms with Gasteiger partial charge >= 0.3 is 0 Å². The van der Waals surface area contributed by atoms with E-state index in [-0.39, 0.29) is 11.8 Å². The molecule has 2 heterocycles. The number of aromatic nitrogens is 2. The van der Waals surface area contributed by atoms with Crippen LogP contribution in [-0.4, -0.2) is 34.2 Å². The first-order valence-corrected chi connectivity index (χ1v) is 8.27. The lowest BCUT2D eigenvalue weighted by Crippen LogP contribution is -2.45. The monoisotopic (exact) mass is 326 g/mol. The minimum absolute atomic E-state index is 0.115. The zero-order chi connectivity index (χ0) is 17.1. The summed E-state index contributed by atoms with van der Waals surface area (Å²) in [6, 6.07) is 9.21. The summed E-state index contributed by atoms with van der Waals surface area (Å²) >= 11 is 0. The number of nitrogens with one attached hydrogen (secondary N) is 2. The molecule has 0 aliphatic carbocycles. The maximum Gasteiger partial charge on any atom is 0.272 e. The second-order valence-corrected chi connectivity index (χ2v) is 6.23. The molecule has 1 atom stereocenters. The molecule has 1 aliphatic heterocycles. The molecule has 0 spiro atoms. The molecule has 1 saturated heterocycles. The summed E-state index contributed by atoms with van der Waals surface area (Å²) in [6.45, 7) is 4.60. The minimum atomic E-state index is -0.482. The van der Waals surface area contributed by atoms with Gasteiger partial charge in [-0.25, -0.2) is 4.68 Å². The van der Waals surface area contributed by atoms with E-state index in [0.29, 0.717) is 18.7 Å². The fraction of sp³-hybridized carbons (Fsp3) is 0.389. The Labute approximate surface area is 141 Å². The number of rotatable bonds is 3. The molecule has 0 bridgehead atoms. The molecule has 24 heavy (non-hydrogen) atoms. The zero-order valence-electron chi connectivity index (χ0n) is 14.0. The Bertz CT molecular complexity index is 749. The number of aryl methyl sites for hydroxylation is 2. The lowest BCUT2D eigenvalue weighted by molar-refractivity contribution is -0.122. The van der Waals surface area contributed by atoms with Gasteiger partial charge in [0.2, 0.25) is 5.91 Å². The third-order valence-corrected chi connectivity index (χ3v) is 4.24. The molecule has 1 unspecified atom stereocenters. The summed E-state index contributed by atoms with van der Waals surface area (Å²) < 4.78 is 1.74. The number of hydrogen-bond acceptors (Lipinski definition) is 3. The van der Waals surface area contributed by atoms with Gasteiger partial charge in [0.1, 0.15) is 6.04 Å². The molecule has 2 aromatic rings. The summed E-state index contributed by atoms with van der Waals surface area (Å²) in [4.78, 5) is 24.4. The van der Waals surface area contributed by atoms with E-state index in [1.807, 2.05) is 38.1 Å². The van der Waals surface area contributed by atoms with Crippen molar-refractivity contribution in [3.63, 3.8) is 0 Å². The van der Waals surface area contributed by atoms with E-state index in [1.54, 1.807) is 10.7 Å². The number of carbonyl (C=O) groups excluding carboxylic acids is 2. The quantitative estimate of drug-likeness (QED) is 0.904. The van der Waals surface area contributed by atoms with Crippen molar-refractivity contribution in [1.82, 2.24) is 20.4 Å². The van der Waals surface area contributed by atoms with Crippen molar-refractivity contribution in [2.24, 2.45) is 0 Å². The predicted octanol–water partition coefficient (Wildman–Crippen LogP) is 1.89. The molecule has 1 fully saturated rings. The largest absolute Gasteiger partial charge is 0.354 e. The highest BCUT2D eigenvalue weighted by Gasteiger charge is 2.24. The van der Waals surface area contributed by atoms with Gasteiger partial charge in [-0.2, -0.15) is 5.10 Å². The summed E-state index contributed by atoms with van der Waals surface area (Å²) in [6.07, 6.45) is 2.52. The van der Waals surface area contributed by atoms with E-state index in [9.17, 15) is 9.59 Å². The molecule has 2 amide bonds. The highest BCUT2D eigenvalue weighted by Crippen LogP contribution is 2.14. The van der Waals surface area contributed by atoms with Crippen LogP contribution in [0.1, 0.15) is 41.0 Å². The van der Waals surface area contributed by atoms with Gasteiger partial charge in [0.15, 0.2) is 5.69 Å². The van der Waals surface area contributed by atoms with Crippen LogP contribution in [0.5, 0.6) is 0 Å². The Kier molecular flexibility index (Phi) is 4.64. The number of hydrogen-bond donors (Lipinski definition) is 2. The maximum absolute atomic E-state index is 12.5. The predicted molar refractivity (Wildman–Crippen MR) is 91.2 cm³/mol. The van der Waals surface area contributed by atoms with Crippen molar-refractivity contribution in [1.29, 1.82) is 0 Å². The molecule has 1 aliphatic rings. The van der Waals surface area contributed by atoms with Gasteiger partial charge in [-0.05, 0) is 51.3 Å². The van der Waals surface area contributed by atoms with Crippen molar-refractivity contribution >= 4 is 11.8 Å². The van der Waals surface area contributed by atoms with Gasteiger partial charge in [-0.15, -0.1) is 0 Å². The molecule has 6 nitrogen and oxygen atoms in total. The summed E-state index contributed by atoms with van der Waals surface area (Å²) in [5, 5.41) is 10.0. The van der Waals surface area contributed by atoms with E-state index in [0.717, 1.165) is 24.2 Å². The molecule has 126 valence electrons. The first kappa shape index (κ1) is 16.2. The molecular weight excluding hydrogens is 304 g/mol. The van der Waals surface area contributed by atoms with Crippen LogP contribution in [0.25, 0.3) is 5.69 Å². The molecule has 3 rings (SSSR count). The fourth-order valence-electron chi connectivity index (χ4n) is 2.84. The molecule has 2 N–H and O–H groups in total. The normalized spacial score (nSPS) is 17.9. The van der Waals surface area contributed by atoms with Crippen molar-refractivity contribution in [3.8, 4) is 5.69 Å². The lowest BCUT2D eigenvalue weighted by atomic mass is 10.1. The van der Waals surface area contributed by atoms with Gasteiger partial charge in [-0.1, -0.05) is 17.7 Å². The van der Waals surface area contributed by atoms with Crippen molar-refractivity contribution in [2.75, 3.05) is 6.54 Å². The van der Waals surface area contributed by atoms with Crippen LogP contribution < -0.4 is 10.6 Å². The molecule has 1 aromatic carbocycles. The molecule has 0 radical (unpaired) electrons. The van der Waals surface area contributed by atoms with Crippen LogP contribution in [-0.2, 0) is 4.79 Å². The summed E-state index contributed by atoms with van der Waals surface area (Å²) in [5.41, 5.74) is 3.27. The molecule has 0 saturated carbocycles. The van der Waals surface area contributed by atoms with E-state index in [2.05, 4.69) is 15.7 Å². The number of carbonyl (C=O) groups is 2. The Morgan fingerprint density at radius 1 is 1.25 bits per heavy atom. The third-order valence-electron chi connectivity index (χ3n) is 4.24. The van der Waals surface area contributed by atoms with Gasteiger partial charge in [-0.3, -0.25) is 9.59 Å². The first-order valence-electron chi connectivity index (χ1n) is 8.27. The van der Waals surface area contributed by atoms with E-state index < -0.39 is 6.04 Å². The van der Waals surface area contributed by atoms with Crippen LogP contribution in [0, 0.1) is 13.8 Å². The van der Waals surface area contributed by atoms with Crippen LogP contribution in [0.2, 0.25) is 0 Å². The Morgan fingerprint density at radius 2 is 2.00 bits per heavy atom. The lowest BCUT2D eigenvalue weighted by Gasteiger charge is -2.14. The summed E-state index contributed by atoms with van der Waals surface area (Å²) in [5.74, 6) is -0.429. The molecular formula is C18H22N4O2. The van der Waals surface area contributed by atoms with Gasteiger partial charge in [0.05, 0.1) is 5.69 Å². The number of nitrogens with zero attached hydrogens (tertiary/aromatic N) is 2. The Morgan fingerprint density at radius 3 is 2.75 bits per heavy atom. The summed E-state index contributed by atoms with van der Waals surface area (Å²) in [7, 11) is 0. The van der Waals surface area contributed by atoms with Crippen molar-refractivity contribution in [3.05, 3.63) is 47.3 Å². The average molecular weight is 326 g/mol. The highest BCUT2D eigenvalue weighted by molar-refractivity contribution is 5.96. The smallest absolute Gasteiger partial charge is 0.272 e. The Hall–Kier alpha value is -2.63. The topological polar surface area (TPSA) is 76.0 Å². The van der Waals surface area contributed by atoms with E-state index >= 15 is 0 Å². The second-order valence-electron chi connectivity index (χ2n) is 6.23. The fourth-order valence-corrected chi connectivity index (χ4v) is 2.84. The van der Waals surface area contributed by atoms with E-state index in [4.69, 9.17) is 0 Å². The van der Waals surface area contributed by atoms with Crippen molar-refractivity contribution < 1.29 is 9.59 Å². The van der Waals surface area contributed by atoms with Gasteiger partial charge in [0.25, 0.3) is 5.91 Å². The highest BCUT2D eigenvalue weighted by atomic mass is 16.2. The first-order chi connectivity index (χ1) is 11.5. The SMILES string of the molecule is Cc1ccc(-n2nc(C(=O)NC3CCCCNC3=O)cc2C)cc1. The number of amides is 2. The van der Waals surface area contributed by atoms with Gasteiger partial charge < -0.3 is 10.6 Å².